The first kappa shape index (κ1) is 15.9. The normalized spacial score (nSPS) is 28.5. The van der Waals surface area contributed by atoms with Crippen molar-refractivity contribution in [3.05, 3.63) is 30.1 Å². The summed E-state index contributed by atoms with van der Waals surface area (Å²) in [6.45, 7) is 8.51. The van der Waals surface area contributed by atoms with Crippen molar-refractivity contribution in [3.63, 3.8) is 0 Å². The Morgan fingerprint density at radius 3 is 2.86 bits per heavy atom. The lowest BCUT2D eigenvalue weighted by Gasteiger charge is -2.57. The van der Waals surface area contributed by atoms with Crippen LogP contribution in [0.25, 0.3) is 0 Å². The van der Waals surface area contributed by atoms with Crippen LogP contribution in [-0.4, -0.2) is 29.1 Å². The van der Waals surface area contributed by atoms with Crippen LogP contribution in [0, 0.1) is 5.41 Å². The predicted molar refractivity (Wildman–Crippen MR) is 81.5 cm³/mol. The molecule has 5 heteroatoms. The summed E-state index contributed by atoms with van der Waals surface area (Å²) in [5, 5.41) is 3.00. The average molecular weight is 291 g/mol. The second-order valence-electron chi connectivity index (χ2n) is 6.32. The first-order chi connectivity index (χ1) is 9.83. The quantitative estimate of drug-likeness (QED) is 0.867. The number of hydrogen-bond donors (Lipinski definition) is 2. The number of rotatable bonds is 5. The third-order valence-corrected chi connectivity index (χ3v) is 4.77. The van der Waals surface area contributed by atoms with Gasteiger partial charge in [0.05, 0.1) is 12.1 Å². The Morgan fingerprint density at radius 1 is 1.62 bits per heavy atom. The third kappa shape index (κ3) is 2.68. The summed E-state index contributed by atoms with van der Waals surface area (Å²) in [6, 6.07) is 3.68. The number of aromatic nitrogens is 1. The van der Waals surface area contributed by atoms with Gasteiger partial charge >= 0.3 is 0 Å². The van der Waals surface area contributed by atoms with Crippen LogP contribution in [0.1, 0.15) is 45.7 Å². The third-order valence-electron chi connectivity index (χ3n) is 4.77. The maximum Gasteiger partial charge on any atom is 0.241 e. The van der Waals surface area contributed by atoms with Gasteiger partial charge < -0.3 is 15.8 Å². The highest BCUT2D eigenvalue weighted by Crippen LogP contribution is 2.50. The van der Waals surface area contributed by atoms with Crippen LogP contribution in [0.4, 0.5) is 0 Å². The number of nitrogens with one attached hydrogen (secondary N) is 1. The molecular formula is C16H25N3O2. The lowest BCUT2D eigenvalue weighted by molar-refractivity contribution is -0.171. The van der Waals surface area contributed by atoms with Gasteiger partial charge in [0.25, 0.3) is 0 Å². The molecule has 1 aliphatic carbocycles. The van der Waals surface area contributed by atoms with Gasteiger partial charge in [-0.1, -0.05) is 19.9 Å². The Morgan fingerprint density at radius 2 is 2.33 bits per heavy atom. The molecule has 1 heterocycles. The molecule has 1 aromatic rings. The summed E-state index contributed by atoms with van der Waals surface area (Å²) in [7, 11) is 0. The van der Waals surface area contributed by atoms with Crippen molar-refractivity contribution in [2.24, 2.45) is 11.1 Å². The van der Waals surface area contributed by atoms with Crippen molar-refractivity contribution in [2.45, 2.75) is 51.8 Å². The molecule has 1 fully saturated rings. The minimum atomic E-state index is -0.886. The molecular weight excluding hydrogens is 266 g/mol. The SMILES string of the molecule is CCOC1CC(N)(C(=O)N[C@@H](C)c2cccnc2)C1(C)C. The molecule has 116 valence electrons. The van der Waals surface area contributed by atoms with Crippen LogP contribution in [-0.2, 0) is 9.53 Å². The van der Waals surface area contributed by atoms with E-state index in [1.807, 2.05) is 39.8 Å². The Kier molecular flexibility index (Phi) is 4.35. The number of amides is 1. The zero-order chi connectivity index (χ0) is 15.7. The average Bonchev–Trinajstić information content (AvgIpc) is 2.47. The van der Waals surface area contributed by atoms with E-state index in [-0.39, 0.29) is 23.5 Å². The van der Waals surface area contributed by atoms with E-state index in [0.29, 0.717) is 13.0 Å². The van der Waals surface area contributed by atoms with Gasteiger partial charge in [0.2, 0.25) is 5.91 Å². The Balaban J connectivity index is 2.04. The number of pyridine rings is 1. The van der Waals surface area contributed by atoms with Gasteiger partial charge in [0, 0.05) is 30.8 Å². The number of hydrogen-bond acceptors (Lipinski definition) is 4. The Labute approximate surface area is 126 Å². The molecule has 21 heavy (non-hydrogen) atoms. The van der Waals surface area contributed by atoms with Gasteiger partial charge in [-0.3, -0.25) is 9.78 Å². The summed E-state index contributed by atoms with van der Waals surface area (Å²) in [5.41, 5.74) is 6.07. The highest BCUT2D eigenvalue weighted by Gasteiger charge is 2.62. The number of carbonyl (C=O) groups excluding carboxylic acids is 1. The number of carbonyl (C=O) groups is 1. The van der Waals surface area contributed by atoms with E-state index in [1.54, 1.807) is 12.4 Å². The monoisotopic (exact) mass is 291 g/mol. The van der Waals surface area contributed by atoms with E-state index in [2.05, 4.69) is 10.3 Å². The highest BCUT2D eigenvalue weighted by molar-refractivity contribution is 5.89. The maximum absolute atomic E-state index is 12.6. The molecule has 2 unspecified atom stereocenters. The van der Waals surface area contributed by atoms with Crippen molar-refractivity contribution in [1.29, 1.82) is 0 Å². The van der Waals surface area contributed by atoms with Crippen LogP contribution >= 0.6 is 0 Å². The van der Waals surface area contributed by atoms with E-state index in [4.69, 9.17) is 10.5 Å². The van der Waals surface area contributed by atoms with E-state index in [0.717, 1.165) is 5.56 Å². The molecule has 0 radical (unpaired) electrons. The first-order valence-electron chi connectivity index (χ1n) is 7.44. The van der Waals surface area contributed by atoms with Crippen molar-refractivity contribution in [2.75, 3.05) is 6.61 Å². The van der Waals surface area contributed by atoms with Crippen LogP contribution in [0.15, 0.2) is 24.5 Å². The molecule has 0 aromatic carbocycles. The van der Waals surface area contributed by atoms with Crippen molar-refractivity contribution in [1.82, 2.24) is 10.3 Å². The summed E-state index contributed by atoms with van der Waals surface area (Å²) >= 11 is 0. The van der Waals surface area contributed by atoms with E-state index >= 15 is 0 Å². The van der Waals surface area contributed by atoms with E-state index in [1.165, 1.54) is 0 Å². The van der Waals surface area contributed by atoms with Gasteiger partial charge in [-0.25, -0.2) is 0 Å². The second-order valence-corrected chi connectivity index (χ2v) is 6.32. The minimum Gasteiger partial charge on any atom is -0.378 e. The molecule has 3 N–H and O–H groups in total. The molecule has 1 amide bonds. The van der Waals surface area contributed by atoms with E-state index in [9.17, 15) is 4.79 Å². The molecule has 0 spiro atoms. The van der Waals surface area contributed by atoms with Crippen LogP contribution < -0.4 is 11.1 Å². The summed E-state index contributed by atoms with van der Waals surface area (Å²) in [4.78, 5) is 16.7. The zero-order valence-electron chi connectivity index (χ0n) is 13.2. The summed E-state index contributed by atoms with van der Waals surface area (Å²) in [6.07, 6.45) is 4.05. The topological polar surface area (TPSA) is 77.2 Å². The predicted octanol–water partition coefficient (Wildman–Crippen LogP) is 1.79. The molecule has 5 nitrogen and oxygen atoms in total. The molecule has 2 rings (SSSR count). The molecule has 1 saturated carbocycles. The van der Waals surface area contributed by atoms with Crippen LogP contribution in [0.3, 0.4) is 0 Å². The van der Waals surface area contributed by atoms with Gasteiger partial charge in [-0.2, -0.15) is 0 Å². The first-order valence-corrected chi connectivity index (χ1v) is 7.44. The van der Waals surface area contributed by atoms with Crippen molar-refractivity contribution in [3.8, 4) is 0 Å². The molecule has 0 bridgehead atoms. The summed E-state index contributed by atoms with van der Waals surface area (Å²) < 4.78 is 5.66. The lowest BCUT2D eigenvalue weighted by atomic mass is 9.54. The van der Waals surface area contributed by atoms with Gasteiger partial charge in [-0.05, 0) is 25.5 Å². The smallest absolute Gasteiger partial charge is 0.241 e. The Bertz CT molecular complexity index is 504. The number of ether oxygens (including phenoxy) is 1. The molecule has 1 aromatic heterocycles. The van der Waals surface area contributed by atoms with Crippen LogP contribution in [0.5, 0.6) is 0 Å². The number of nitrogens with two attached hydrogens (primary N) is 1. The van der Waals surface area contributed by atoms with Crippen LogP contribution in [0.2, 0.25) is 0 Å². The summed E-state index contributed by atoms with van der Waals surface area (Å²) in [5.74, 6) is -0.125. The largest absolute Gasteiger partial charge is 0.378 e. The van der Waals surface area contributed by atoms with Gasteiger partial charge in [0.15, 0.2) is 0 Å². The Hall–Kier alpha value is -1.46. The number of nitrogens with zero attached hydrogens (tertiary/aromatic N) is 1. The minimum absolute atomic E-state index is 0.0342. The molecule has 1 aliphatic rings. The maximum atomic E-state index is 12.6. The zero-order valence-corrected chi connectivity index (χ0v) is 13.2. The fraction of sp³-hybridized carbons (Fsp3) is 0.625. The fourth-order valence-electron chi connectivity index (χ4n) is 2.86. The fourth-order valence-corrected chi connectivity index (χ4v) is 2.86. The molecule has 3 atom stereocenters. The lowest BCUT2D eigenvalue weighted by Crippen LogP contribution is -2.75. The molecule has 0 saturated heterocycles. The molecule has 0 aliphatic heterocycles. The van der Waals surface area contributed by atoms with E-state index < -0.39 is 5.54 Å². The standard InChI is InChI=1S/C16H25N3O2/c1-5-21-13-9-16(17,15(13,3)4)14(20)19-11(2)12-7-6-8-18-10-12/h6-8,10-11,13H,5,9,17H2,1-4H3,(H,19,20)/t11-,13?,16?/m0/s1. The van der Waals surface area contributed by atoms with Crippen molar-refractivity contribution < 1.29 is 9.53 Å². The van der Waals surface area contributed by atoms with Gasteiger partial charge in [-0.15, -0.1) is 0 Å². The highest BCUT2D eigenvalue weighted by atomic mass is 16.5. The van der Waals surface area contributed by atoms with Crippen molar-refractivity contribution >= 4 is 5.91 Å². The van der Waals surface area contributed by atoms with Gasteiger partial charge in [0.1, 0.15) is 5.54 Å². The second kappa shape index (κ2) is 5.73.